The van der Waals surface area contributed by atoms with Crippen LogP contribution in [-0.2, 0) is 9.53 Å². The Balaban J connectivity index is 1.77. The van der Waals surface area contributed by atoms with Gasteiger partial charge in [0.2, 0.25) is 0 Å². The zero-order valence-corrected chi connectivity index (χ0v) is 17.1. The number of allylic oxidation sites excluding steroid dienone is 2. The van der Waals surface area contributed by atoms with Crippen LogP contribution in [0.5, 0.6) is 0 Å². The van der Waals surface area contributed by atoms with Gasteiger partial charge in [-0.3, -0.25) is 4.79 Å². The largest absolute Gasteiger partial charge is 0.500 e. The van der Waals surface area contributed by atoms with E-state index in [2.05, 4.69) is 56.4 Å². The van der Waals surface area contributed by atoms with Crippen LogP contribution in [0.4, 0.5) is 0 Å². The molecular formula is C21H26O2S2. The van der Waals surface area contributed by atoms with Gasteiger partial charge in [-0.05, 0) is 68.2 Å². The molecule has 1 spiro atoms. The van der Waals surface area contributed by atoms with Crippen LogP contribution < -0.4 is 0 Å². The van der Waals surface area contributed by atoms with Crippen LogP contribution in [0.3, 0.4) is 0 Å². The summed E-state index contributed by atoms with van der Waals surface area (Å²) in [4.78, 5) is 13.4. The number of carbonyl (C=O) groups excluding carboxylic acids is 1. The van der Waals surface area contributed by atoms with E-state index in [1.165, 1.54) is 34.6 Å². The molecular weight excluding hydrogens is 348 g/mol. The van der Waals surface area contributed by atoms with Gasteiger partial charge in [0, 0.05) is 11.8 Å². The number of hydrogen-bond donors (Lipinski definition) is 0. The van der Waals surface area contributed by atoms with E-state index in [4.69, 9.17) is 4.74 Å². The lowest BCUT2D eigenvalue weighted by Crippen LogP contribution is -2.23. The quantitative estimate of drug-likeness (QED) is 0.715. The number of ether oxygens (including phenoxy) is 1. The molecule has 1 aliphatic heterocycles. The molecule has 2 atom stereocenters. The lowest BCUT2D eigenvalue weighted by molar-refractivity contribution is -0.117. The van der Waals surface area contributed by atoms with E-state index < -0.39 is 0 Å². The van der Waals surface area contributed by atoms with Gasteiger partial charge in [0.15, 0.2) is 5.78 Å². The lowest BCUT2D eigenvalue weighted by atomic mass is 9.90. The topological polar surface area (TPSA) is 26.3 Å². The Hall–Kier alpha value is -0.870. The second-order valence-corrected chi connectivity index (χ2v) is 10.9. The van der Waals surface area contributed by atoms with Crippen molar-refractivity contribution < 1.29 is 9.53 Å². The summed E-state index contributed by atoms with van der Waals surface area (Å²) in [7, 11) is 1.75. The maximum Gasteiger partial charge on any atom is 0.170 e. The summed E-state index contributed by atoms with van der Waals surface area (Å²) in [6, 6.07) is 4.36. The number of fused-ring (bicyclic) bond motifs is 1. The monoisotopic (exact) mass is 374 g/mol. The van der Waals surface area contributed by atoms with Crippen LogP contribution in [0.2, 0.25) is 0 Å². The van der Waals surface area contributed by atoms with Crippen molar-refractivity contribution in [3.8, 4) is 0 Å². The van der Waals surface area contributed by atoms with Crippen molar-refractivity contribution in [2.45, 2.75) is 44.1 Å². The number of rotatable bonds is 2. The fourth-order valence-corrected chi connectivity index (χ4v) is 8.53. The van der Waals surface area contributed by atoms with Crippen molar-refractivity contribution in [3.63, 3.8) is 0 Å². The number of Topliss-reactive ketones (excluding diaryl/α,β-unsaturated/α-hetero) is 1. The Kier molecular flexibility index (Phi) is 4.48. The smallest absolute Gasteiger partial charge is 0.170 e. The van der Waals surface area contributed by atoms with E-state index in [1.54, 1.807) is 7.11 Å². The van der Waals surface area contributed by atoms with Crippen LogP contribution in [-0.4, -0.2) is 28.5 Å². The fraction of sp³-hybridized carbons (Fsp3) is 0.571. The van der Waals surface area contributed by atoms with Crippen molar-refractivity contribution in [1.82, 2.24) is 0 Å². The van der Waals surface area contributed by atoms with Crippen molar-refractivity contribution >= 4 is 34.9 Å². The predicted molar refractivity (Wildman–Crippen MR) is 108 cm³/mol. The van der Waals surface area contributed by atoms with Gasteiger partial charge < -0.3 is 4.74 Å². The molecule has 1 saturated carbocycles. The molecule has 1 saturated heterocycles. The molecule has 0 bridgehead atoms. The normalized spacial score (nSPS) is 27.9. The molecule has 2 nitrogen and oxygen atoms in total. The van der Waals surface area contributed by atoms with E-state index >= 15 is 0 Å². The Morgan fingerprint density at radius 1 is 1.04 bits per heavy atom. The zero-order chi connectivity index (χ0) is 17.8. The summed E-state index contributed by atoms with van der Waals surface area (Å²) >= 11 is 4.16. The highest BCUT2D eigenvalue weighted by Crippen LogP contribution is 2.62. The molecule has 3 aliphatic rings. The third-order valence-electron chi connectivity index (χ3n) is 5.88. The molecule has 1 aromatic carbocycles. The fourth-order valence-electron chi connectivity index (χ4n) is 5.01. The van der Waals surface area contributed by atoms with E-state index in [-0.39, 0.29) is 15.9 Å². The van der Waals surface area contributed by atoms with Crippen molar-refractivity contribution in [3.05, 3.63) is 40.1 Å². The Bertz CT molecular complexity index is 736. The molecule has 0 radical (unpaired) electrons. The third kappa shape index (κ3) is 2.76. The Morgan fingerprint density at radius 3 is 2.24 bits per heavy atom. The zero-order valence-electron chi connectivity index (χ0n) is 15.5. The van der Waals surface area contributed by atoms with Gasteiger partial charge in [-0.15, -0.1) is 23.5 Å². The number of hydrogen-bond acceptors (Lipinski definition) is 4. The molecule has 0 N–H and O–H groups in total. The molecule has 25 heavy (non-hydrogen) atoms. The van der Waals surface area contributed by atoms with Gasteiger partial charge in [-0.2, -0.15) is 0 Å². The number of methoxy groups -OCH3 is 1. The van der Waals surface area contributed by atoms with Crippen LogP contribution in [0, 0.1) is 32.6 Å². The summed E-state index contributed by atoms with van der Waals surface area (Å²) in [6.45, 7) is 6.35. The Morgan fingerprint density at radius 2 is 1.64 bits per heavy atom. The summed E-state index contributed by atoms with van der Waals surface area (Å²) in [5.41, 5.74) is 5.60. The number of ketones is 1. The first kappa shape index (κ1) is 17.5. The van der Waals surface area contributed by atoms with Gasteiger partial charge in [0.05, 0.1) is 16.8 Å². The molecule has 2 aliphatic carbocycles. The minimum atomic E-state index is 0.114. The van der Waals surface area contributed by atoms with Crippen molar-refractivity contribution in [1.29, 1.82) is 0 Å². The molecule has 2 fully saturated rings. The molecule has 0 amide bonds. The molecule has 0 aromatic heterocycles. The van der Waals surface area contributed by atoms with Crippen molar-refractivity contribution in [2.24, 2.45) is 11.8 Å². The average molecular weight is 375 g/mol. The van der Waals surface area contributed by atoms with Gasteiger partial charge in [-0.25, -0.2) is 0 Å². The lowest BCUT2D eigenvalue weighted by Gasteiger charge is -2.33. The predicted octanol–water partition coefficient (Wildman–Crippen LogP) is 5.14. The highest BCUT2D eigenvalue weighted by atomic mass is 32.2. The van der Waals surface area contributed by atoms with Crippen LogP contribution in [0.1, 0.15) is 41.5 Å². The van der Waals surface area contributed by atoms with E-state index in [9.17, 15) is 4.79 Å². The average Bonchev–Trinajstić information content (AvgIpc) is 3.02. The standard InChI is InChI=1S/C21H26O2S2/c1-12-8-13(2)17(14(3)9-12)18-19(22)15-10-21(24-6-5-7-25-21)11-16(15)20(18)23-4/h8-9,15-16H,5-7,10-11H2,1-4H3. The van der Waals surface area contributed by atoms with Gasteiger partial charge >= 0.3 is 0 Å². The van der Waals surface area contributed by atoms with Crippen LogP contribution >= 0.6 is 23.5 Å². The summed E-state index contributed by atoms with van der Waals surface area (Å²) in [5, 5.41) is 0. The number of thioether (sulfide) groups is 2. The molecule has 1 heterocycles. The summed E-state index contributed by atoms with van der Waals surface area (Å²) in [6.07, 6.45) is 3.38. The molecule has 4 rings (SSSR count). The summed E-state index contributed by atoms with van der Waals surface area (Å²) < 4.78 is 6.12. The SMILES string of the molecule is COC1=C(c2c(C)cc(C)cc2C)C(=O)C2CC3(CC12)SCCCS3. The number of carbonyl (C=O) groups is 1. The third-order valence-corrected chi connectivity index (χ3v) is 9.29. The maximum atomic E-state index is 13.4. The van der Waals surface area contributed by atoms with Crippen LogP contribution in [0.15, 0.2) is 17.9 Å². The number of aryl methyl sites for hydroxylation is 3. The van der Waals surface area contributed by atoms with Crippen LogP contribution in [0.25, 0.3) is 5.57 Å². The first-order valence-corrected chi connectivity index (χ1v) is 11.1. The van der Waals surface area contributed by atoms with Crippen molar-refractivity contribution in [2.75, 3.05) is 18.6 Å². The van der Waals surface area contributed by atoms with Gasteiger partial charge in [0.1, 0.15) is 5.76 Å². The molecule has 4 heteroatoms. The summed E-state index contributed by atoms with van der Waals surface area (Å²) in [5.74, 6) is 4.12. The first-order valence-electron chi connectivity index (χ1n) is 9.14. The molecule has 134 valence electrons. The van der Waals surface area contributed by atoms with E-state index in [0.717, 1.165) is 29.7 Å². The van der Waals surface area contributed by atoms with E-state index in [0.29, 0.717) is 5.78 Å². The highest BCUT2D eigenvalue weighted by Gasteiger charge is 2.56. The van der Waals surface area contributed by atoms with Gasteiger partial charge in [0.25, 0.3) is 0 Å². The minimum absolute atomic E-state index is 0.114. The molecule has 1 aromatic rings. The second kappa shape index (κ2) is 6.38. The first-order chi connectivity index (χ1) is 12.0. The maximum absolute atomic E-state index is 13.4. The Labute approximate surface area is 159 Å². The number of benzene rings is 1. The molecule has 2 unspecified atom stereocenters. The van der Waals surface area contributed by atoms with Gasteiger partial charge in [-0.1, -0.05) is 17.7 Å². The van der Waals surface area contributed by atoms with E-state index in [1.807, 2.05) is 0 Å². The minimum Gasteiger partial charge on any atom is -0.500 e. The highest BCUT2D eigenvalue weighted by molar-refractivity contribution is 8.18. The second-order valence-electron chi connectivity index (χ2n) is 7.66.